The number of methoxy groups -OCH3 is 1. The zero-order chi connectivity index (χ0) is 15.8. The molecule has 0 saturated heterocycles. The lowest BCUT2D eigenvalue weighted by Crippen LogP contribution is -2.40. The predicted molar refractivity (Wildman–Crippen MR) is 87.7 cm³/mol. The monoisotopic (exact) mass is 294 g/mol. The molecule has 0 aliphatic heterocycles. The molecule has 0 bridgehead atoms. The molecule has 0 spiro atoms. The number of rotatable bonds is 9. The Hall–Kier alpha value is -1.10. The van der Waals surface area contributed by atoms with Crippen LogP contribution in [0.5, 0.6) is 5.75 Å². The standard InChI is InChI=1S/C17H30N2O2/c1-6-16(18)17(19(4)11-12-21-13(2)3)14-7-9-15(20-5)10-8-14/h7-10,13,16-17H,6,11-12,18H2,1-5H3. The summed E-state index contributed by atoms with van der Waals surface area (Å²) in [5, 5.41) is 0. The van der Waals surface area contributed by atoms with E-state index in [1.165, 1.54) is 5.56 Å². The third-order valence-corrected chi connectivity index (χ3v) is 3.70. The second kappa shape index (κ2) is 9.03. The van der Waals surface area contributed by atoms with Crippen molar-refractivity contribution in [1.29, 1.82) is 0 Å². The highest BCUT2D eigenvalue weighted by atomic mass is 16.5. The molecule has 1 rings (SSSR count). The van der Waals surface area contributed by atoms with Gasteiger partial charge >= 0.3 is 0 Å². The third kappa shape index (κ3) is 5.65. The van der Waals surface area contributed by atoms with Gasteiger partial charge < -0.3 is 15.2 Å². The van der Waals surface area contributed by atoms with Gasteiger partial charge in [-0.15, -0.1) is 0 Å². The number of nitrogens with two attached hydrogens (primary N) is 1. The van der Waals surface area contributed by atoms with E-state index in [0.29, 0.717) is 0 Å². The molecule has 0 radical (unpaired) electrons. The molecule has 0 aliphatic carbocycles. The molecular formula is C17H30N2O2. The van der Waals surface area contributed by atoms with Crippen molar-refractivity contribution < 1.29 is 9.47 Å². The Morgan fingerprint density at radius 3 is 2.29 bits per heavy atom. The molecule has 2 N–H and O–H groups in total. The lowest BCUT2D eigenvalue weighted by molar-refractivity contribution is 0.0527. The van der Waals surface area contributed by atoms with E-state index in [4.69, 9.17) is 15.2 Å². The highest BCUT2D eigenvalue weighted by Gasteiger charge is 2.23. The van der Waals surface area contributed by atoms with Crippen LogP contribution in [0.4, 0.5) is 0 Å². The second-order valence-corrected chi connectivity index (χ2v) is 5.69. The van der Waals surface area contributed by atoms with Crippen LogP contribution in [0, 0.1) is 0 Å². The molecule has 1 aromatic carbocycles. The molecule has 0 aromatic heterocycles. The normalized spacial score (nSPS) is 14.5. The van der Waals surface area contributed by atoms with Crippen LogP contribution in [-0.2, 0) is 4.74 Å². The summed E-state index contributed by atoms with van der Waals surface area (Å²) in [4.78, 5) is 2.28. The summed E-state index contributed by atoms with van der Waals surface area (Å²) < 4.78 is 10.9. The van der Waals surface area contributed by atoms with Gasteiger partial charge in [0.2, 0.25) is 0 Å². The van der Waals surface area contributed by atoms with Gasteiger partial charge in [-0.1, -0.05) is 19.1 Å². The first-order valence-electron chi connectivity index (χ1n) is 7.71. The van der Waals surface area contributed by atoms with E-state index in [2.05, 4.69) is 44.9 Å². The zero-order valence-corrected chi connectivity index (χ0v) is 14.0. The van der Waals surface area contributed by atoms with Crippen LogP contribution >= 0.6 is 0 Å². The van der Waals surface area contributed by atoms with Gasteiger partial charge in [-0.2, -0.15) is 0 Å². The van der Waals surface area contributed by atoms with Crippen molar-refractivity contribution in [3.8, 4) is 5.75 Å². The third-order valence-electron chi connectivity index (χ3n) is 3.70. The fourth-order valence-electron chi connectivity index (χ4n) is 2.42. The highest BCUT2D eigenvalue weighted by Crippen LogP contribution is 2.25. The van der Waals surface area contributed by atoms with Crippen LogP contribution in [0.3, 0.4) is 0 Å². The predicted octanol–water partition coefficient (Wildman–Crippen LogP) is 2.83. The zero-order valence-electron chi connectivity index (χ0n) is 14.0. The molecule has 4 nitrogen and oxygen atoms in total. The molecule has 21 heavy (non-hydrogen) atoms. The maximum atomic E-state index is 6.34. The molecule has 2 unspecified atom stereocenters. The first-order chi connectivity index (χ1) is 9.99. The van der Waals surface area contributed by atoms with Crippen LogP contribution in [0.2, 0.25) is 0 Å². The Morgan fingerprint density at radius 1 is 1.19 bits per heavy atom. The van der Waals surface area contributed by atoms with Crippen molar-refractivity contribution in [3.63, 3.8) is 0 Å². The van der Waals surface area contributed by atoms with Gasteiger partial charge in [-0.05, 0) is 45.0 Å². The van der Waals surface area contributed by atoms with Gasteiger partial charge in [0, 0.05) is 18.6 Å². The first-order valence-corrected chi connectivity index (χ1v) is 7.71. The lowest BCUT2D eigenvalue weighted by Gasteiger charge is -2.33. The minimum Gasteiger partial charge on any atom is -0.497 e. The van der Waals surface area contributed by atoms with Crippen LogP contribution in [-0.4, -0.2) is 44.4 Å². The summed E-state index contributed by atoms with van der Waals surface area (Å²) in [6.07, 6.45) is 1.20. The SMILES string of the molecule is CCC(N)C(c1ccc(OC)cc1)N(C)CCOC(C)C. The molecule has 0 aliphatic rings. The number of hydrogen-bond acceptors (Lipinski definition) is 4. The molecule has 0 heterocycles. The Kier molecular flexibility index (Phi) is 7.72. The van der Waals surface area contributed by atoms with E-state index in [0.717, 1.165) is 25.3 Å². The smallest absolute Gasteiger partial charge is 0.118 e. The topological polar surface area (TPSA) is 47.7 Å². The Balaban J connectivity index is 2.78. The van der Waals surface area contributed by atoms with E-state index in [1.54, 1.807) is 7.11 Å². The van der Waals surface area contributed by atoms with Crippen LogP contribution in [0.1, 0.15) is 38.8 Å². The molecule has 1 aromatic rings. The number of ether oxygens (including phenoxy) is 2. The summed E-state index contributed by atoms with van der Waals surface area (Å²) in [5.74, 6) is 0.869. The van der Waals surface area contributed by atoms with Gasteiger partial charge in [-0.25, -0.2) is 0 Å². The molecular weight excluding hydrogens is 264 g/mol. The van der Waals surface area contributed by atoms with E-state index >= 15 is 0 Å². The average Bonchev–Trinajstić information content (AvgIpc) is 2.47. The summed E-state index contributed by atoms with van der Waals surface area (Å²) in [7, 11) is 3.79. The van der Waals surface area contributed by atoms with Crippen molar-refractivity contribution >= 4 is 0 Å². The Labute approximate surface area is 129 Å². The van der Waals surface area contributed by atoms with Crippen LogP contribution < -0.4 is 10.5 Å². The maximum Gasteiger partial charge on any atom is 0.118 e. The first kappa shape index (κ1) is 18.0. The lowest BCUT2D eigenvalue weighted by atomic mass is 9.96. The molecule has 4 heteroatoms. The van der Waals surface area contributed by atoms with E-state index in [-0.39, 0.29) is 18.2 Å². The minimum atomic E-state index is 0.0995. The number of likely N-dealkylation sites (N-methyl/N-ethyl adjacent to an activating group) is 1. The average molecular weight is 294 g/mol. The van der Waals surface area contributed by atoms with Crippen molar-refractivity contribution in [2.45, 2.75) is 45.4 Å². The van der Waals surface area contributed by atoms with Gasteiger partial charge in [-0.3, -0.25) is 4.90 Å². The van der Waals surface area contributed by atoms with Crippen LogP contribution in [0.15, 0.2) is 24.3 Å². The molecule has 0 saturated carbocycles. The second-order valence-electron chi connectivity index (χ2n) is 5.69. The fraction of sp³-hybridized carbons (Fsp3) is 0.647. The molecule has 0 amide bonds. The Morgan fingerprint density at radius 2 is 1.81 bits per heavy atom. The van der Waals surface area contributed by atoms with Gasteiger partial charge in [0.05, 0.1) is 19.8 Å². The summed E-state index contributed by atoms with van der Waals surface area (Å²) in [6.45, 7) is 7.82. The van der Waals surface area contributed by atoms with E-state index in [9.17, 15) is 0 Å². The largest absolute Gasteiger partial charge is 0.497 e. The number of hydrogen-bond donors (Lipinski definition) is 1. The van der Waals surface area contributed by atoms with Gasteiger partial charge in [0.25, 0.3) is 0 Å². The number of benzene rings is 1. The molecule has 0 fully saturated rings. The minimum absolute atomic E-state index is 0.0995. The number of nitrogens with zero attached hydrogens (tertiary/aromatic N) is 1. The highest BCUT2D eigenvalue weighted by molar-refractivity contribution is 5.30. The van der Waals surface area contributed by atoms with Crippen molar-refractivity contribution in [1.82, 2.24) is 4.90 Å². The van der Waals surface area contributed by atoms with Crippen molar-refractivity contribution in [3.05, 3.63) is 29.8 Å². The van der Waals surface area contributed by atoms with Crippen molar-refractivity contribution in [2.75, 3.05) is 27.3 Å². The maximum absolute atomic E-state index is 6.34. The summed E-state index contributed by atoms with van der Waals surface area (Å²) >= 11 is 0. The quantitative estimate of drug-likeness (QED) is 0.761. The van der Waals surface area contributed by atoms with Gasteiger partial charge in [0.15, 0.2) is 0 Å². The Bertz CT molecular complexity index is 392. The van der Waals surface area contributed by atoms with E-state index < -0.39 is 0 Å². The van der Waals surface area contributed by atoms with Crippen LogP contribution in [0.25, 0.3) is 0 Å². The van der Waals surface area contributed by atoms with Gasteiger partial charge in [0.1, 0.15) is 5.75 Å². The van der Waals surface area contributed by atoms with Crippen molar-refractivity contribution in [2.24, 2.45) is 5.73 Å². The van der Waals surface area contributed by atoms with E-state index in [1.807, 2.05) is 12.1 Å². The fourth-order valence-corrected chi connectivity index (χ4v) is 2.42. The summed E-state index contributed by atoms with van der Waals surface area (Å²) in [5.41, 5.74) is 7.56. The summed E-state index contributed by atoms with van der Waals surface area (Å²) in [6, 6.07) is 8.46. The molecule has 2 atom stereocenters. The molecule has 120 valence electrons.